The van der Waals surface area contributed by atoms with Gasteiger partial charge in [-0.1, -0.05) is 52.3 Å². The van der Waals surface area contributed by atoms with Crippen LogP contribution in [-0.2, 0) is 11.8 Å². The van der Waals surface area contributed by atoms with Crippen LogP contribution in [0.15, 0.2) is 52.8 Å². The average molecular weight is 348 g/mol. The molecule has 0 aliphatic heterocycles. The number of hydrogen-bond acceptors (Lipinski definition) is 3. The lowest BCUT2D eigenvalue weighted by atomic mass is 9.92. The van der Waals surface area contributed by atoms with Crippen LogP contribution in [0.1, 0.15) is 57.4 Å². The van der Waals surface area contributed by atoms with Gasteiger partial charge in [-0.15, -0.1) is 10.2 Å². The maximum Gasteiger partial charge on any atom is 0.183 e. The number of azo groups is 1. The summed E-state index contributed by atoms with van der Waals surface area (Å²) >= 11 is 0. The molecule has 3 aromatic rings. The average Bonchev–Trinajstić information content (AvgIpc) is 2.99. The van der Waals surface area contributed by atoms with Crippen molar-refractivity contribution >= 4 is 17.2 Å². The van der Waals surface area contributed by atoms with E-state index in [2.05, 4.69) is 63.0 Å². The summed E-state index contributed by atoms with van der Waals surface area (Å²) < 4.78 is 2.04. The number of imidazole rings is 1. The standard InChI is InChI=1S/C22H28N4/c1-6-7-10-17-11-13-18(14-12-17)24-25-21-19(22(3,4)5)23-20-16(2)9-8-15-26(20)21/h8-9,11-15H,6-7,10H2,1-5H3. The molecule has 4 heteroatoms. The first-order valence-electron chi connectivity index (χ1n) is 9.39. The second kappa shape index (κ2) is 7.40. The minimum absolute atomic E-state index is 0.100. The molecular weight excluding hydrogens is 320 g/mol. The molecule has 136 valence electrons. The van der Waals surface area contributed by atoms with E-state index in [1.807, 2.05) is 28.8 Å². The maximum atomic E-state index is 4.85. The Morgan fingerprint density at radius 1 is 1.04 bits per heavy atom. The van der Waals surface area contributed by atoms with E-state index in [0.717, 1.165) is 34.8 Å². The number of aryl methyl sites for hydroxylation is 2. The van der Waals surface area contributed by atoms with Crippen LogP contribution in [0.3, 0.4) is 0 Å². The van der Waals surface area contributed by atoms with Gasteiger partial charge in [0, 0.05) is 11.6 Å². The van der Waals surface area contributed by atoms with Crippen molar-refractivity contribution in [2.75, 3.05) is 0 Å². The topological polar surface area (TPSA) is 42.0 Å². The first-order valence-corrected chi connectivity index (χ1v) is 9.39. The summed E-state index contributed by atoms with van der Waals surface area (Å²) in [7, 11) is 0. The lowest BCUT2D eigenvalue weighted by molar-refractivity contribution is 0.573. The van der Waals surface area contributed by atoms with Gasteiger partial charge < -0.3 is 0 Å². The first kappa shape index (κ1) is 18.3. The van der Waals surface area contributed by atoms with Crippen LogP contribution < -0.4 is 0 Å². The molecule has 0 unspecified atom stereocenters. The molecule has 0 saturated heterocycles. The number of hydrogen-bond donors (Lipinski definition) is 0. The van der Waals surface area contributed by atoms with Gasteiger partial charge in [0.25, 0.3) is 0 Å². The van der Waals surface area contributed by atoms with Gasteiger partial charge in [-0.25, -0.2) is 4.98 Å². The molecule has 0 fully saturated rings. The van der Waals surface area contributed by atoms with E-state index in [0.29, 0.717) is 0 Å². The Kier molecular flexibility index (Phi) is 5.21. The summed E-state index contributed by atoms with van der Waals surface area (Å²) in [6.45, 7) is 10.8. The van der Waals surface area contributed by atoms with Crippen LogP contribution in [0.5, 0.6) is 0 Å². The van der Waals surface area contributed by atoms with Crippen LogP contribution in [0.2, 0.25) is 0 Å². The van der Waals surface area contributed by atoms with Crippen LogP contribution in [0, 0.1) is 6.92 Å². The summed E-state index contributed by atoms with van der Waals surface area (Å²) in [5.41, 5.74) is 5.17. The second-order valence-corrected chi connectivity index (χ2v) is 7.89. The van der Waals surface area contributed by atoms with Gasteiger partial charge in [0.05, 0.1) is 11.4 Å². The predicted molar refractivity (Wildman–Crippen MR) is 108 cm³/mol. The largest absolute Gasteiger partial charge is 0.283 e. The number of unbranched alkanes of at least 4 members (excludes halogenated alkanes) is 1. The third kappa shape index (κ3) is 3.85. The van der Waals surface area contributed by atoms with Gasteiger partial charge in [-0.05, 0) is 49.1 Å². The molecule has 0 atom stereocenters. The quantitative estimate of drug-likeness (QED) is 0.473. The van der Waals surface area contributed by atoms with Gasteiger partial charge in [0.15, 0.2) is 5.82 Å². The van der Waals surface area contributed by atoms with Gasteiger partial charge >= 0.3 is 0 Å². The van der Waals surface area contributed by atoms with Crippen molar-refractivity contribution in [2.45, 2.75) is 59.3 Å². The van der Waals surface area contributed by atoms with Crippen LogP contribution in [-0.4, -0.2) is 9.38 Å². The summed E-state index contributed by atoms with van der Waals surface area (Å²) in [6, 6.07) is 12.5. The highest BCUT2D eigenvalue weighted by atomic mass is 15.2. The molecule has 0 radical (unpaired) electrons. The second-order valence-electron chi connectivity index (χ2n) is 7.89. The van der Waals surface area contributed by atoms with E-state index in [1.54, 1.807) is 0 Å². The fourth-order valence-electron chi connectivity index (χ4n) is 3.01. The van der Waals surface area contributed by atoms with E-state index in [4.69, 9.17) is 4.98 Å². The highest BCUT2D eigenvalue weighted by Gasteiger charge is 2.24. The van der Waals surface area contributed by atoms with E-state index >= 15 is 0 Å². The third-order valence-electron chi connectivity index (χ3n) is 4.55. The Balaban J connectivity index is 1.97. The van der Waals surface area contributed by atoms with Gasteiger partial charge in [0.1, 0.15) is 5.65 Å². The monoisotopic (exact) mass is 348 g/mol. The molecule has 0 N–H and O–H groups in total. The summed E-state index contributed by atoms with van der Waals surface area (Å²) in [5, 5.41) is 9.08. The van der Waals surface area contributed by atoms with Crippen LogP contribution in [0.25, 0.3) is 5.65 Å². The molecule has 0 aliphatic rings. The van der Waals surface area contributed by atoms with E-state index < -0.39 is 0 Å². The number of benzene rings is 1. The Morgan fingerprint density at radius 3 is 2.42 bits per heavy atom. The van der Waals surface area contributed by atoms with Crippen molar-refractivity contribution in [3.8, 4) is 0 Å². The number of rotatable bonds is 5. The zero-order chi connectivity index (χ0) is 18.7. The molecule has 2 heterocycles. The van der Waals surface area contributed by atoms with E-state index in [9.17, 15) is 0 Å². The van der Waals surface area contributed by atoms with Crippen molar-refractivity contribution in [3.63, 3.8) is 0 Å². The molecule has 1 aromatic carbocycles. The molecule has 0 amide bonds. The minimum atomic E-state index is -0.100. The van der Waals surface area contributed by atoms with Gasteiger partial charge in [-0.3, -0.25) is 4.40 Å². The fourth-order valence-corrected chi connectivity index (χ4v) is 3.01. The number of pyridine rings is 1. The molecule has 4 nitrogen and oxygen atoms in total. The van der Waals surface area contributed by atoms with Gasteiger partial charge in [-0.2, -0.15) is 0 Å². The lowest BCUT2D eigenvalue weighted by Gasteiger charge is -2.15. The first-order chi connectivity index (χ1) is 12.4. The summed E-state index contributed by atoms with van der Waals surface area (Å²) in [5.74, 6) is 0.811. The molecule has 0 spiro atoms. The third-order valence-corrected chi connectivity index (χ3v) is 4.55. The SMILES string of the molecule is CCCCc1ccc(N=Nc2c(C(C)(C)C)nc3c(C)cccn23)cc1. The highest BCUT2D eigenvalue weighted by Crippen LogP contribution is 2.33. The maximum absolute atomic E-state index is 4.85. The Morgan fingerprint density at radius 2 is 1.77 bits per heavy atom. The van der Waals surface area contributed by atoms with Crippen molar-refractivity contribution < 1.29 is 0 Å². The highest BCUT2D eigenvalue weighted by molar-refractivity contribution is 5.58. The number of aromatic nitrogens is 2. The zero-order valence-electron chi connectivity index (χ0n) is 16.5. The fraction of sp³-hybridized carbons (Fsp3) is 0.409. The molecule has 0 bridgehead atoms. The molecule has 26 heavy (non-hydrogen) atoms. The molecular formula is C22H28N4. The predicted octanol–water partition coefficient (Wildman–Crippen LogP) is 6.70. The normalized spacial score (nSPS) is 12.3. The van der Waals surface area contributed by atoms with Crippen molar-refractivity contribution in [3.05, 3.63) is 59.4 Å². The van der Waals surface area contributed by atoms with E-state index in [-0.39, 0.29) is 5.41 Å². The molecule has 0 saturated carbocycles. The summed E-state index contributed by atoms with van der Waals surface area (Å²) in [6.07, 6.45) is 5.56. The lowest BCUT2D eigenvalue weighted by Crippen LogP contribution is -2.11. The van der Waals surface area contributed by atoms with Gasteiger partial charge in [0.2, 0.25) is 0 Å². The number of fused-ring (bicyclic) bond motifs is 1. The minimum Gasteiger partial charge on any atom is -0.283 e. The van der Waals surface area contributed by atoms with Crippen LogP contribution >= 0.6 is 0 Å². The Labute approximate surface area is 156 Å². The number of nitrogens with zero attached hydrogens (tertiary/aromatic N) is 4. The molecule has 2 aromatic heterocycles. The Hall–Kier alpha value is -2.49. The van der Waals surface area contributed by atoms with Crippen molar-refractivity contribution in [1.82, 2.24) is 9.38 Å². The molecule has 3 rings (SSSR count). The summed E-state index contributed by atoms with van der Waals surface area (Å²) in [4.78, 5) is 4.85. The van der Waals surface area contributed by atoms with Crippen LogP contribution in [0.4, 0.5) is 11.5 Å². The van der Waals surface area contributed by atoms with Crippen molar-refractivity contribution in [2.24, 2.45) is 10.2 Å². The molecule has 0 aliphatic carbocycles. The van der Waals surface area contributed by atoms with E-state index in [1.165, 1.54) is 18.4 Å². The smallest absolute Gasteiger partial charge is 0.183 e. The zero-order valence-corrected chi connectivity index (χ0v) is 16.5. The van der Waals surface area contributed by atoms with Crippen molar-refractivity contribution in [1.29, 1.82) is 0 Å². The Bertz CT molecular complexity index is 912.